The van der Waals surface area contributed by atoms with Gasteiger partial charge in [0.15, 0.2) is 0 Å². The first-order chi connectivity index (χ1) is 16.6. The van der Waals surface area contributed by atoms with E-state index in [0.717, 1.165) is 5.56 Å². The van der Waals surface area contributed by atoms with Crippen LogP contribution >= 0.6 is 0 Å². The van der Waals surface area contributed by atoms with Crippen molar-refractivity contribution in [2.45, 2.75) is 45.8 Å². The fraction of sp³-hybridized carbons (Fsp3) is 0.259. The molecule has 1 N–H and O–H groups in total. The third-order valence-corrected chi connectivity index (χ3v) is 5.46. The lowest BCUT2D eigenvalue weighted by Gasteiger charge is -2.34. The van der Waals surface area contributed by atoms with Crippen molar-refractivity contribution in [2.75, 3.05) is 4.90 Å². The largest absolute Gasteiger partial charge is 0.349 e. The van der Waals surface area contributed by atoms with Crippen LogP contribution in [0.3, 0.4) is 0 Å². The van der Waals surface area contributed by atoms with Gasteiger partial charge in [-0.1, -0.05) is 47.7 Å². The van der Waals surface area contributed by atoms with E-state index in [2.05, 4.69) is 15.6 Å². The van der Waals surface area contributed by atoms with Crippen LogP contribution in [0.4, 0.5) is 10.1 Å². The Bertz CT molecular complexity index is 1380. The number of halogens is 1. The van der Waals surface area contributed by atoms with Gasteiger partial charge in [0.25, 0.3) is 0 Å². The molecule has 1 atom stereocenters. The predicted octanol–water partition coefficient (Wildman–Crippen LogP) is 4.57. The molecule has 4 aromatic rings. The Morgan fingerprint density at radius 2 is 1.74 bits per heavy atom. The molecule has 180 valence electrons. The number of benzene rings is 3. The quantitative estimate of drug-likeness (QED) is 0.445. The normalized spacial score (nSPS) is 12.4. The zero-order chi connectivity index (χ0) is 25.2. The SMILES string of the molecule is Cc1cccc(N(C(=O)Cn2nnc3ccccc32)[C@H](C(=O)NC(C)(C)C)c2ccccc2F)c1. The Labute approximate surface area is 203 Å². The molecule has 0 fully saturated rings. The van der Waals surface area contributed by atoms with Crippen LogP contribution in [0.5, 0.6) is 0 Å². The minimum atomic E-state index is -1.24. The van der Waals surface area contributed by atoms with E-state index < -0.39 is 29.2 Å². The molecular formula is C27H28FN5O2. The molecular weight excluding hydrogens is 445 g/mol. The van der Waals surface area contributed by atoms with Gasteiger partial charge in [-0.25, -0.2) is 9.07 Å². The first-order valence-electron chi connectivity index (χ1n) is 11.4. The van der Waals surface area contributed by atoms with Gasteiger partial charge >= 0.3 is 0 Å². The smallest absolute Gasteiger partial charge is 0.249 e. The summed E-state index contributed by atoms with van der Waals surface area (Å²) in [4.78, 5) is 28.9. The molecule has 1 heterocycles. The lowest BCUT2D eigenvalue weighted by atomic mass is 10.00. The number of carbonyl (C=O) groups excluding carboxylic acids is 2. The van der Waals surface area contributed by atoms with Gasteiger partial charge in [0.1, 0.15) is 23.9 Å². The number of rotatable bonds is 6. The number of carbonyl (C=O) groups is 2. The second-order valence-corrected chi connectivity index (χ2v) is 9.50. The Morgan fingerprint density at radius 3 is 2.46 bits per heavy atom. The van der Waals surface area contributed by atoms with E-state index in [-0.39, 0.29) is 12.1 Å². The molecule has 0 spiro atoms. The summed E-state index contributed by atoms with van der Waals surface area (Å²) >= 11 is 0. The van der Waals surface area contributed by atoms with Crippen LogP contribution in [-0.4, -0.2) is 32.3 Å². The van der Waals surface area contributed by atoms with Crippen molar-refractivity contribution in [2.24, 2.45) is 0 Å². The van der Waals surface area contributed by atoms with E-state index in [9.17, 15) is 9.59 Å². The van der Waals surface area contributed by atoms with Crippen LogP contribution in [0.1, 0.15) is 37.9 Å². The van der Waals surface area contributed by atoms with Gasteiger partial charge in [0.05, 0.1) is 5.52 Å². The van der Waals surface area contributed by atoms with Gasteiger partial charge < -0.3 is 5.32 Å². The number of nitrogens with one attached hydrogen (secondary N) is 1. The number of hydrogen-bond acceptors (Lipinski definition) is 4. The van der Waals surface area contributed by atoms with Crippen molar-refractivity contribution in [3.8, 4) is 0 Å². The number of aryl methyl sites for hydroxylation is 1. The summed E-state index contributed by atoms with van der Waals surface area (Å²) in [6.07, 6.45) is 0. The van der Waals surface area contributed by atoms with Gasteiger partial charge in [-0.2, -0.15) is 0 Å². The first kappa shape index (κ1) is 24.1. The standard InChI is InChI=1S/C27H28FN5O2/c1-18-10-9-11-19(16-18)33(24(34)17-32-23-15-8-7-14-22(23)30-31-32)25(26(35)29-27(2,3)4)20-12-5-6-13-21(20)28/h5-16,25H,17H2,1-4H3,(H,29,35)/t25-/m0/s1. The summed E-state index contributed by atoms with van der Waals surface area (Å²) in [5.41, 5.74) is 2.23. The molecule has 0 saturated heterocycles. The molecule has 0 unspecified atom stereocenters. The molecule has 4 rings (SSSR count). The monoisotopic (exact) mass is 473 g/mol. The van der Waals surface area contributed by atoms with Crippen LogP contribution in [0.25, 0.3) is 11.0 Å². The Morgan fingerprint density at radius 1 is 1.03 bits per heavy atom. The molecule has 0 aliphatic rings. The molecule has 0 saturated carbocycles. The zero-order valence-corrected chi connectivity index (χ0v) is 20.2. The fourth-order valence-corrected chi connectivity index (χ4v) is 3.99. The molecule has 2 amide bonds. The molecule has 3 aromatic carbocycles. The first-order valence-corrected chi connectivity index (χ1v) is 11.4. The summed E-state index contributed by atoms with van der Waals surface area (Å²) in [6.45, 7) is 7.23. The fourth-order valence-electron chi connectivity index (χ4n) is 3.99. The zero-order valence-electron chi connectivity index (χ0n) is 20.2. The lowest BCUT2D eigenvalue weighted by molar-refractivity contribution is -0.128. The number of para-hydroxylation sites is 1. The van der Waals surface area contributed by atoms with Crippen molar-refractivity contribution in [1.29, 1.82) is 0 Å². The maximum Gasteiger partial charge on any atom is 0.249 e. The van der Waals surface area contributed by atoms with Crippen LogP contribution in [0.15, 0.2) is 72.8 Å². The second kappa shape index (κ2) is 9.66. The number of anilines is 1. The maximum absolute atomic E-state index is 15.1. The predicted molar refractivity (Wildman–Crippen MR) is 133 cm³/mol. The summed E-state index contributed by atoms with van der Waals surface area (Å²) in [6, 6.07) is 19.3. The summed E-state index contributed by atoms with van der Waals surface area (Å²) in [5, 5.41) is 11.2. The van der Waals surface area contributed by atoms with Crippen LogP contribution in [0.2, 0.25) is 0 Å². The summed E-state index contributed by atoms with van der Waals surface area (Å²) in [5.74, 6) is -1.48. The van der Waals surface area contributed by atoms with Crippen LogP contribution < -0.4 is 10.2 Å². The van der Waals surface area contributed by atoms with E-state index in [1.165, 1.54) is 21.7 Å². The topological polar surface area (TPSA) is 80.1 Å². The Hall–Kier alpha value is -4.07. The molecule has 0 bridgehead atoms. The van der Waals surface area contributed by atoms with E-state index in [1.807, 2.05) is 52.0 Å². The van der Waals surface area contributed by atoms with E-state index in [0.29, 0.717) is 16.7 Å². The third-order valence-electron chi connectivity index (χ3n) is 5.46. The summed E-state index contributed by atoms with van der Waals surface area (Å²) < 4.78 is 16.6. The maximum atomic E-state index is 15.1. The van der Waals surface area contributed by atoms with Crippen molar-refractivity contribution < 1.29 is 14.0 Å². The number of amides is 2. The molecule has 0 aliphatic carbocycles. The van der Waals surface area contributed by atoms with E-state index in [4.69, 9.17) is 0 Å². The van der Waals surface area contributed by atoms with Crippen molar-refractivity contribution in [1.82, 2.24) is 20.3 Å². The van der Waals surface area contributed by atoms with Gasteiger partial charge in [-0.15, -0.1) is 5.10 Å². The number of hydrogen-bond donors (Lipinski definition) is 1. The highest BCUT2D eigenvalue weighted by Gasteiger charge is 2.36. The van der Waals surface area contributed by atoms with Gasteiger partial charge in [0, 0.05) is 16.8 Å². The van der Waals surface area contributed by atoms with Crippen molar-refractivity contribution in [3.63, 3.8) is 0 Å². The minimum Gasteiger partial charge on any atom is -0.349 e. The molecule has 1 aromatic heterocycles. The minimum absolute atomic E-state index is 0.104. The average Bonchev–Trinajstić information content (AvgIpc) is 3.19. The van der Waals surface area contributed by atoms with Gasteiger partial charge in [-0.05, 0) is 63.6 Å². The average molecular weight is 474 g/mol. The van der Waals surface area contributed by atoms with E-state index in [1.54, 1.807) is 36.4 Å². The number of fused-ring (bicyclic) bond motifs is 1. The molecule has 35 heavy (non-hydrogen) atoms. The molecule has 8 heteroatoms. The van der Waals surface area contributed by atoms with Crippen LogP contribution in [0, 0.1) is 12.7 Å². The highest BCUT2D eigenvalue weighted by molar-refractivity contribution is 6.01. The Balaban J connectivity index is 1.84. The van der Waals surface area contributed by atoms with Crippen LogP contribution in [-0.2, 0) is 16.1 Å². The lowest BCUT2D eigenvalue weighted by Crippen LogP contribution is -2.50. The highest BCUT2D eigenvalue weighted by atomic mass is 19.1. The second-order valence-electron chi connectivity index (χ2n) is 9.50. The van der Waals surface area contributed by atoms with Gasteiger partial charge in [-0.3, -0.25) is 14.5 Å². The molecule has 7 nitrogen and oxygen atoms in total. The van der Waals surface area contributed by atoms with Gasteiger partial charge in [0.2, 0.25) is 11.8 Å². The Kier molecular flexibility index (Phi) is 6.64. The number of aromatic nitrogens is 3. The molecule has 0 aliphatic heterocycles. The summed E-state index contributed by atoms with van der Waals surface area (Å²) in [7, 11) is 0. The number of nitrogens with zero attached hydrogens (tertiary/aromatic N) is 4. The highest BCUT2D eigenvalue weighted by Crippen LogP contribution is 2.31. The molecule has 0 radical (unpaired) electrons. The van der Waals surface area contributed by atoms with Crippen molar-refractivity contribution >= 4 is 28.5 Å². The van der Waals surface area contributed by atoms with E-state index >= 15 is 4.39 Å². The van der Waals surface area contributed by atoms with Crippen molar-refractivity contribution in [3.05, 3.63) is 89.7 Å². The third kappa shape index (κ3) is 5.37.